The molecule has 0 amide bonds. The molecule has 1 aromatic heterocycles. The van der Waals surface area contributed by atoms with Gasteiger partial charge in [0.15, 0.2) is 0 Å². The van der Waals surface area contributed by atoms with Gasteiger partial charge in [-0.3, -0.25) is 5.10 Å². The number of rotatable bonds is 5. The summed E-state index contributed by atoms with van der Waals surface area (Å²) >= 11 is 0. The summed E-state index contributed by atoms with van der Waals surface area (Å²) in [5.41, 5.74) is 11.5. The van der Waals surface area contributed by atoms with Crippen LogP contribution >= 0.6 is 0 Å². The number of aromatic nitrogens is 2. The number of aromatic amines is 1. The maximum absolute atomic E-state index is 6.04. The van der Waals surface area contributed by atoms with Crippen LogP contribution in [0.15, 0.2) is 72.9 Å². The SMILES string of the molecule is CC(N)c1cccc(-c2cc(COc3ccccc3)c3cn[nH]c3c2)c1. The molecule has 0 saturated heterocycles. The van der Waals surface area contributed by atoms with Crippen LogP contribution in [0.1, 0.15) is 24.1 Å². The highest BCUT2D eigenvalue weighted by atomic mass is 16.5. The molecule has 0 bridgehead atoms. The average molecular weight is 343 g/mol. The summed E-state index contributed by atoms with van der Waals surface area (Å²) in [4.78, 5) is 0. The van der Waals surface area contributed by atoms with E-state index in [1.165, 1.54) is 0 Å². The number of nitrogens with zero attached hydrogens (tertiary/aromatic N) is 1. The number of para-hydroxylation sites is 1. The molecule has 4 nitrogen and oxygen atoms in total. The zero-order valence-electron chi connectivity index (χ0n) is 14.6. The van der Waals surface area contributed by atoms with E-state index in [0.29, 0.717) is 6.61 Å². The minimum atomic E-state index is 0.00622. The van der Waals surface area contributed by atoms with E-state index in [2.05, 4.69) is 40.5 Å². The largest absolute Gasteiger partial charge is 0.489 e. The Kier molecular flexibility index (Phi) is 4.42. The Bertz CT molecular complexity index is 1020. The zero-order valence-corrected chi connectivity index (χ0v) is 14.6. The number of nitrogens with two attached hydrogens (primary N) is 1. The van der Waals surface area contributed by atoms with Crippen LogP contribution < -0.4 is 10.5 Å². The van der Waals surface area contributed by atoms with E-state index < -0.39 is 0 Å². The molecule has 4 rings (SSSR count). The molecule has 3 N–H and O–H groups in total. The third kappa shape index (κ3) is 3.32. The Balaban J connectivity index is 1.71. The van der Waals surface area contributed by atoms with Crippen LogP contribution in [0.5, 0.6) is 5.75 Å². The molecular weight excluding hydrogens is 322 g/mol. The molecule has 0 aliphatic rings. The summed E-state index contributed by atoms with van der Waals surface area (Å²) in [5, 5.41) is 8.35. The summed E-state index contributed by atoms with van der Waals surface area (Å²) in [7, 11) is 0. The van der Waals surface area contributed by atoms with Crippen molar-refractivity contribution < 1.29 is 4.74 Å². The van der Waals surface area contributed by atoms with Crippen molar-refractivity contribution in [3.8, 4) is 16.9 Å². The maximum atomic E-state index is 6.04. The molecule has 0 aliphatic carbocycles. The first-order valence-corrected chi connectivity index (χ1v) is 8.70. The standard InChI is InChI=1S/C22H21N3O/c1-15(23)16-6-5-7-17(10-16)18-11-19(21-13-24-25-22(21)12-18)14-26-20-8-3-2-4-9-20/h2-13,15H,14,23H2,1H3,(H,24,25). The fourth-order valence-corrected chi connectivity index (χ4v) is 3.09. The highest BCUT2D eigenvalue weighted by molar-refractivity contribution is 5.87. The molecular formula is C22H21N3O. The third-order valence-corrected chi connectivity index (χ3v) is 4.53. The molecule has 3 aromatic carbocycles. The number of hydrogen-bond donors (Lipinski definition) is 2. The van der Waals surface area contributed by atoms with E-state index in [4.69, 9.17) is 10.5 Å². The summed E-state index contributed by atoms with van der Waals surface area (Å²) < 4.78 is 5.96. The van der Waals surface area contributed by atoms with Crippen molar-refractivity contribution in [2.45, 2.75) is 19.6 Å². The smallest absolute Gasteiger partial charge is 0.119 e. The third-order valence-electron chi connectivity index (χ3n) is 4.53. The van der Waals surface area contributed by atoms with Crippen molar-refractivity contribution in [3.63, 3.8) is 0 Å². The van der Waals surface area contributed by atoms with Crippen LogP contribution in [0.25, 0.3) is 22.0 Å². The number of fused-ring (bicyclic) bond motifs is 1. The average Bonchev–Trinajstić information content (AvgIpc) is 3.16. The van der Waals surface area contributed by atoms with E-state index in [0.717, 1.165) is 38.9 Å². The van der Waals surface area contributed by atoms with Gasteiger partial charge in [-0.1, -0.05) is 36.4 Å². The molecule has 26 heavy (non-hydrogen) atoms. The van der Waals surface area contributed by atoms with Gasteiger partial charge in [0.1, 0.15) is 12.4 Å². The van der Waals surface area contributed by atoms with Gasteiger partial charge in [0, 0.05) is 17.0 Å². The molecule has 0 radical (unpaired) electrons. The molecule has 0 spiro atoms. The van der Waals surface area contributed by atoms with Crippen molar-refractivity contribution in [1.82, 2.24) is 10.2 Å². The first kappa shape index (κ1) is 16.4. The normalized spacial score (nSPS) is 12.2. The molecule has 0 aliphatic heterocycles. The molecule has 1 atom stereocenters. The van der Waals surface area contributed by atoms with Gasteiger partial charge in [0.05, 0.1) is 11.7 Å². The van der Waals surface area contributed by atoms with Crippen molar-refractivity contribution in [2.24, 2.45) is 5.73 Å². The topological polar surface area (TPSA) is 63.9 Å². The van der Waals surface area contributed by atoms with E-state index in [1.807, 2.05) is 49.5 Å². The number of ether oxygens (including phenoxy) is 1. The number of benzene rings is 3. The Morgan fingerprint density at radius 3 is 2.65 bits per heavy atom. The quantitative estimate of drug-likeness (QED) is 0.545. The van der Waals surface area contributed by atoms with Crippen molar-refractivity contribution >= 4 is 10.9 Å². The van der Waals surface area contributed by atoms with E-state index in [-0.39, 0.29) is 6.04 Å². The van der Waals surface area contributed by atoms with Gasteiger partial charge in [0.2, 0.25) is 0 Å². The molecule has 0 saturated carbocycles. The fourth-order valence-electron chi connectivity index (χ4n) is 3.09. The van der Waals surface area contributed by atoms with Crippen LogP contribution in [0, 0.1) is 0 Å². The molecule has 4 heteroatoms. The van der Waals surface area contributed by atoms with Gasteiger partial charge >= 0.3 is 0 Å². The first-order chi connectivity index (χ1) is 12.7. The van der Waals surface area contributed by atoms with E-state index >= 15 is 0 Å². The molecule has 130 valence electrons. The number of hydrogen-bond acceptors (Lipinski definition) is 3. The van der Waals surface area contributed by atoms with Crippen molar-refractivity contribution in [3.05, 3.63) is 84.1 Å². The second-order valence-corrected chi connectivity index (χ2v) is 6.48. The lowest BCUT2D eigenvalue weighted by molar-refractivity contribution is 0.308. The Labute approximate surface area is 152 Å². The molecule has 4 aromatic rings. The van der Waals surface area contributed by atoms with Crippen LogP contribution in [0.4, 0.5) is 0 Å². The van der Waals surface area contributed by atoms with Gasteiger partial charge < -0.3 is 10.5 Å². The van der Waals surface area contributed by atoms with Crippen molar-refractivity contribution in [2.75, 3.05) is 0 Å². The minimum Gasteiger partial charge on any atom is -0.489 e. The van der Waals surface area contributed by atoms with Gasteiger partial charge in [-0.15, -0.1) is 0 Å². The first-order valence-electron chi connectivity index (χ1n) is 8.70. The van der Waals surface area contributed by atoms with Gasteiger partial charge in [-0.25, -0.2) is 0 Å². The van der Waals surface area contributed by atoms with E-state index in [1.54, 1.807) is 0 Å². The maximum Gasteiger partial charge on any atom is 0.119 e. The summed E-state index contributed by atoms with van der Waals surface area (Å²) in [6.45, 7) is 2.48. The predicted molar refractivity (Wildman–Crippen MR) is 105 cm³/mol. The van der Waals surface area contributed by atoms with Gasteiger partial charge in [0.25, 0.3) is 0 Å². The molecule has 1 unspecified atom stereocenters. The second-order valence-electron chi connectivity index (χ2n) is 6.48. The highest BCUT2D eigenvalue weighted by Gasteiger charge is 2.10. The predicted octanol–water partition coefficient (Wildman–Crippen LogP) is 4.83. The second kappa shape index (κ2) is 7.02. The van der Waals surface area contributed by atoms with Crippen LogP contribution in [-0.2, 0) is 6.61 Å². The number of nitrogens with one attached hydrogen (secondary N) is 1. The Morgan fingerprint density at radius 2 is 1.85 bits per heavy atom. The fraction of sp³-hybridized carbons (Fsp3) is 0.136. The molecule has 1 heterocycles. The van der Waals surface area contributed by atoms with Gasteiger partial charge in [-0.2, -0.15) is 5.10 Å². The monoisotopic (exact) mass is 343 g/mol. The minimum absolute atomic E-state index is 0.00622. The van der Waals surface area contributed by atoms with E-state index in [9.17, 15) is 0 Å². The lowest BCUT2D eigenvalue weighted by Crippen LogP contribution is -2.04. The summed E-state index contributed by atoms with van der Waals surface area (Å²) in [5.74, 6) is 0.855. The highest BCUT2D eigenvalue weighted by Crippen LogP contribution is 2.29. The Morgan fingerprint density at radius 1 is 1.00 bits per heavy atom. The molecule has 0 fully saturated rings. The van der Waals surface area contributed by atoms with Crippen LogP contribution in [-0.4, -0.2) is 10.2 Å². The number of H-pyrrole nitrogens is 1. The zero-order chi connectivity index (χ0) is 17.9. The van der Waals surface area contributed by atoms with Crippen LogP contribution in [0.2, 0.25) is 0 Å². The lowest BCUT2D eigenvalue weighted by Gasteiger charge is -2.12. The van der Waals surface area contributed by atoms with Crippen molar-refractivity contribution in [1.29, 1.82) is 0 Å². The Hall–Kier alpha value is -3.11. The van der Waals surface area contributed by atoms with Crippen LogP contribution in [0.3, 0.4) is 0 Å². The summed E-state index contributed by atoms with van der Waals surface area (Å²) in [6.07, 6.45) is 1.85. The summed E-state index contributed by atoms with van der Waals surface area (Å²) in [6, 6.07) is 22.5. The van der Waals surface area contributed by atoms with Gasteiger partial charge in [-0.05, 0) is 53.9 Å². The lowest BCUT2D eigenvalue weighted by atomic mass is 9.97.